The Kier molecular flexibility index (Phi) is 4.89. The number of ether oxygens (including phenoxy) is 2. The largest absolute Gasteiger partial charge is 0.497 e. The van der Waals surface area contributed by atoms with Crippen molar-refractivity contribution in [2.45, 2.75) is 0 Å². The predicted molar refractivity (Wildman–Crippen MR) is 78.9 cm³/mol. The number of amides is 1. The molecule has 0 unspecified atom stereocenters. The number of hydrogen-bond acceptors (Lipinski definition) is 5. The quantitative estimate of drug-likeness (QED) is 0.682. The molecule has 1 aromatic carbocycles. The summed E-state index contributed by atoms with van der Waals surface area (Å²) in [7, 11) is 3.09. The van der Waals surface area contributed by atoms with Crippen LogP contribution >= 0.6 is 11.3 Å². The third-order valence-electron chi connectivity index (χ3n) is 2.60. The highest BCUT2D eigenvalue weighted by molar-refractivity contribution is 7.12. The third-order valence-corrected chi connectivity index (χ3v) is 3.48. The van der Waals surface area contributed by atoms with Crippen LogP contribution in [0.25, 0.3) is 0 Å². The van der Waals surface area contributed by atoms with E-state index < -0.39 is 11.0 Å². The van der Waals surface area contributed by atoms with E-state index in [0.717, 1.165) is 11.3 Å². The van der Waals surface area contributed by atoms with Gasteiger partial charge in [0.25, 0.3) is 5.91 Å². The molecule has 1 heterocycles. The molecule has 0 bridgehead atoms. The van der Waals surface area contributed by atoms with Crippen molar-refractivity contribution in [1.82, 2.24) is 5.43 Å². The van der Waals surface area contributed by atoms with Gasteiger partial charge in [-0.1, -0.05) is 0 Å². The molecular formula is C14H13FN2O3S. The molecule has 0 aliphatic carbocycles. The Hall–Kier alpha value is -2.41. The van der Waals surface area contributed by atoms with Gasteiger partial charge in [-0.25, -0.2) is 5.43 Å². The maximum atomic E-state index is 12.8. The fraction of sp³-hybridized carbons (Fsp3) is 0.143. The number of nitrogens with zero attached hydrogens (tertiary/aromatic N) is 1. The molecule has 0 atom stereocenters. The molecule has 0 saturated heterocycles. The first-order chi connectivity index (χ1) is 10.1. The number of hydrazone groups is 1. The lowest BCUT2D eigenvalue weighted by Gasteiger charge is -2.06. The molecule has 0 fully saturated rings. The van der Waals surface area contributed by atoms with E-state index in [1.807, 2.05) is 0 Å². The summed E-state index contributed by atoms with van der Waals surface area (Å²) in [5.74, 6) is 0.766. The van der Waals surface area contributed by atoms with Gasteiger partial charge in [-0.05, 0) is 30.3 Å². The second kappa shape index (κ2) is 6.85. The molecule has 0 aliphatic heterocycles. The molecule has 1 amide bonds. The molecule has 1 N–H and O–H groups in total. The number of benzene rings is 1. The molecule has 0 spiro atoms. The lowest BCUT2D eigenvalue weighted by molar-refractivity contribution is 0.0959. The monoisotopic (exact) mass is 308 g/mol. The summed E-state index contributed by atoms with van der Waals surface area (Å²) < 4.78 is 23.1. The average molecular weight is 308 g/mol. The Morgan fingerprint density at radius 2 is 2.10 bits per heavy atom. The number of nitrogens with one attached hydrogen (secondary N) is 1. The molecule has 2 aromatic rings. The van der Waals surface area contributed by atoms with Gasteiger partial charge in [0.05, 0.1) is 25.3 Å². The Balaban J connectivity index is 2.08. The van der Waals surface area contributed by atoms with E-state index in [0.29, 0.717) is 17.1 Å². The summed E-state index contributed by atoms with van der Waals surface area (Å²) in [5, 5.41) is 3.42. The fourth-order valence-electron chi connectivity index (χ4n) is 1.59. The normalized spacial score (nSPS) is 10.6. The van der Waals surface area contributed by atoms with Gasteiger partial charge in [-0.15, -0.1) is 11.3 Å². The standard InChI is InChI=1S/C14H13FN2O3S/c1-19-10-3-4-11(20-2)9(7-10)8-16-17-14(18)12-5-6-13(15)21-12/h3-8H,1-2H3,(H,17,18)/b16-8+. The molecule has 0 saturated carbocycles. The molecule has 1 aromatic heterocycles. The number of rotatable bonds is 5. The van der Waals surface area contributed by atoms with E-state index in [1.54, 1.807) is 25.3 Å². The Bertz CT molecular complexity index is 670. The minimum absolute atomic E-state index is 0.252. The number of hydrogen-bond donors (Lipinski definition) is 1. The van der Waals surface area contributed by atoms with Crippen LogP contribution < -0.4 is 14.9 Å². The molecule has 21 heavy (non-hydrogen) atoms. The second-order valence-electron chi connectivity index (χ2n) is 3.91. The molecule has 7 heteroatoms. The highest BCUT2D eigenvalue weighted by Gasteiger charge is 2.08. The lowest BCUT2D eigenvalue weighted by Crippen LogP contribution is -2.16. The van der Waals surface area contributed by atoms with Gasteiger partial charge in [0.15, 0.2) is 5.13 Å². The Morgan fingerprint density at radius 1 is 1.29 bits per heavy atom. The maximum Gasteiger partial charge on any atom is 0.281 e. The zero-order valence-electron chi connectivity index (χ0n) is 11.4. The molecular weight excluding hydrogens is 295 g/mol. The van der Waals surface area contributed by atoms with Crippen LogP contribution in [0.1, 0.15) is 15.2 Å². The summed E-state index contributed by atoms with van der Waals surface area (Å²) >= 11 is 0.759. The van der Waals surface area contributed by atoms with E-state index in [2.05, 4.69) is 10.5 Å². The zero-order chi connectivity index (χ0) is 15.2. The zero-order valence-corrected chi connectivity index (χ0v) is 12.2. The van der Waals surface area contributed by atoms with Gasteiger partial charge in [0.2, 0.25) is 0 Å². The number of methoxy groups -OCH3 is 2. The van der Waals surface area contributed by atoms with Crippen LogP contribution in [0.2, 0.25) is 0 Å². The number of thiophene rings is 1. The van der Waals surface area contributed by atoms with E-state index in [-0.39, 0.29) is 4.88 Å². The minimum atomic E-state index is -0.470. The van der Waals surface area contributed by atoms with Crippen molar-refractivity contribution in [2.75, 3.05) is 14.2 Å². The summed E-state index contributed by atoms with van der Waals surface area (Å²) in [6.07, 6.45) is 1.43. The summed E-state index contributed by atoms with van der Waals surface area (Å²) in [6.45, 7) is 0. The fourth-order valence-corrected chi connectivity index (χ4v) is 2.21. The highest BCUT2D eigenvalue weighted by atomic mass is 32.1. The maximum absolute atomic E-state index is 12.8. The number of halogens is 1. The SMILES string of the molecule is COc1ccc(OC)c(/C=N/NC(=O)c2ccc(F)s2)c1. The Labute approximate surface area is 125 Å². The van der Waals surface area contributed by atoms with Crippen molar-refractivity contribution in [2.24, 2.45) is 5.10 Å². The van der Waals surface area contributed by atoms with E-state index >= 15 is 0 Å². The highest BCUT2D eigenvalue weighted by Crippen LogP contribution is 2.22. The van der Waals surface area contributed by atoms with Gasteiger partial charge in [-0.2, -0.15) is 9.49 Å². The first-order valence-electron chi connectivity index (χ1n) is 5.95. The van der Waals surface area contributed by atoms with Crippen LogP contribution in [0.3, 0.4) is 0 Å². The van der Waals surface area contributed by atoms with Gasteiger partial charge in [0.1, 0.15) is 11.5 Å². The van der Waals surface area contributed by atoms with Crippen LogP contribution in [0, 0.1) is 5.13 Å². The van der Waals surface area contributed by atoms with Crippen LogP contribution in [-0.4, -0.2) is 26.3 Å². The van der Waals surface area contributed by atoms with Crippen LogP contribution in [0.5, 0.6) is 11.5 Å². The second-order valence-corrected chi connectivity index (χ2v) is 4.94. The van der Waals surface area contributed by atoms with Crippen LogP contribution in [0.4, 0.5) is 4.39 Å². The van der Waals surface area contributed by atoms with Gasteiger partial charge in [0, 0.05) is 5.56 Å². The summed E-state index contributed by atoms with van der Waals surface area (Å²) in [4.78, 5) is 11.9. The van der Waals surface area contributed by atoms with Crippen molar-refractivity contribution < 1.29 is 18.7 Å². The van der Waals surface area contributed by atoms with E-state index in [9.17, 15) is 9.18 Å². The topological polar surface area (TPSA) is 59.9 Å². The van der Waals surface area contributed by atoms with Gasteiger partial charge in [-0.3, -0.25) is 4.79 Å². The molecule has 0 radical (unpaired) electrons. The van der Waals surface area contributed by atoms with E-state index in [1.165, 1.54) is 25.5 Å². The van der Waals surface area contributed by atoms with E-state index in [4.69, 9.17) is 9.47 Å². The molecule has 110 valence electrons. The summed E-state index contributed by atoms with van der Waals surface area (Å²) in [5.41, 5.74) is 2.98. The number of carbonyl (C=O) groups excluding carboxylic acids is 1. The summed E-state index contributed by atoms with van der Waals surface area (Å²) in [6, 6.07) is 7.84. The minimum Gasteiger partial charge on any atom is -0.497 e. The van der Waals surface area contributed by atoms with Crippen molar-refractivity contribution in [3.8, 4) is 11.5 Å². The van der Waals surface area contributed by atoms with Crippen LogP contribution in [-0.2, 0) is 0 Å². The first kappa shape index (κ1) is 15.0. The van der Waals surface area contributed by atoms with Crippen molar-refractivity contribution in [3.05, 3.63) is 45.9 Å². The van der Waals surface area contributed by atoms with Gasteiger partial charge >= 0.3 is 0 Å². The average Bonchev–Trinajstić information content (AvgIpc) is 2.93. The molecule has 5 nitrogen and oxygen atoms in total. The van der Waals surface area contributed by atoms with Crippen LogP contribution in [0.15, 0.2) is 35.4 Å². The third kappa shape index (κ3) is 3.79. The smallest absolute Gasteiger partial charge is 0.281 e. The predicted octanol–water partition coefficient (Wildman–Crippen LogP) is 2.67. The number of carbonyl (C=O) groups is 1. The lowest BCUT2D eigenvalue weighted by atomic mass is 10.2. The molecule has 0 aliphatic rings. The van der Waals surface area contributed by atoms with Crippen molar-refractivity contribution in [3.63, 3.8) is 0 Å². The van der Waals surface area contributed by atoms with Crippen molar-refractivity contribution in [1.29, 1.82) is 0 Å². The Morgan fingerprint density at radius 3 is 2.71 bits per heavy atom. The molecule has 2 rings (SSSR count). The van der Waals surface area contributed by atoms with Crippen molar-refractivity contribution >= 4 is 23.5 Å². The van der Waals surface area contributed by atoms with Gasteiger partial charge < -0.3 is 9.47 Å². The first-order valence-corrected chi connectivity index (χ1v) is 6.76.